The maximum atomic E-state index is 13.2. The molecule has 0 aliphatic carbocycles. The van der Waals surface area contributed by atoms with Crippen molar-refractivity contribution in [1.82, 2.24) is 4.98 Å². The first-order valence-electron chi connectivity index (χ1n) is 6.61. The summed E-state index contributed by atoms with van der Waals surface area (Å²) in [5.74, 6) is -1.87. The Balaban J connectivity index is 1.92. The predicted octanol–water partition coefficient (Wildman–Crippen LogP) is 3.79. The first-order chi connectivity index (χ1) is 10.1. The van der Waals surface area contributed by atoms with Gasteiger partial charge in [0.05, 0.1) is 11.6 Å². The van der Waals surface area contributed by atoms with Crippen molar-refractivity contribution in [3.8, 4) is 0 Å². The van der Waals surface area contributed by atoms with E-state index in [0.29, 0.717) is 12.0 Å². The van der Waals surface area contributed by atoms with E-state index in [0.717, 1.165) is 28.6 Å². The largest absolute Gasteiger partial charge is 0.388 e. The van der Waals surface area contributed by atoms with Crippen LogP contribution in [0.2, 0.25) is 0 Å². The van der Waals surface area contributed by atoms with Crippen LogP contribution in [0.4, 0.5) is 8.78 Å². The minimum absolute atomic E-state index is 0.314. The molecule has 1 N–H and O–H groups in total. The minimum Gasteiger partial charge on any atom is -0.388 e. The zero-order valence-corrected chi connectivity index (χ0v) is 11.1. The summed E-state index contributed by atoms with van der Waals surface area (Å²) in [5.41, 5.74) is 2.11. The van der Waals surface area contributed by atoms with Gasteiger partial charge in [0, 0.05) is 18.0 Å². The Labute approximate surface area is 120 Å². The van der Waals surface area contributed by atoms with Gasteiger partial charge in [-0.2, -0.15) is 0 Å². The van der Waals surface area contributed by atoms with Crippen LogP contribution in [-0.4, -0.2) is 10.1 Å². The van der Waals surface area contributed by atoms with E-state index < -0.39 is 17.7 Å². The van der Waals surface area contributed by atoms with Crippen molar-refractivity contribution in [2.75, 3.05) is 0 Å². The standard InChI is InChI=1S/C17H13F2NO/c18-14-6-5-12(9-15(14)19)17(21)10-11-7-8-20-16-4-2-1-3-13(11)16/h1-9,17,21H,10H2. The summed E-state index contributed by atoms with van der Waals surface area (Å²) in [6.07, 6.45) is 1.09. The van der Waals surface area contributed by atoms with Gasteiger partial charge >= 0.3 is 0 Å². The summed E-state index contributed by atoms with van der Waals surface area (Å²) in [5, 5.41) is 11.2. The van der Waals surface area contributed by atoms with E-state index in [-0.39, 0.29) is 0 Å². The second kappa shape index (κ2) is 5.58. The van der Waals surface area contributed by atoms with Crippen molar-refractivity contribution < 1.29 is 13.9 Å². The second-order valence-corrected chi connectivity index (χ2v) is 4.88. The fourth-order valence-corrected chi connectivity index (χ4v) is 2.38. The molecule has 1 unspecified atom stereocenters. The number of aromatic nitrogens is 1. The van der Waals surface area contributed by atoms with E-state index in [1.54, 1.807) is 6.20 Å². The number of aliphatic hydroxyl groups excluding tert-OH is 1. The zero-order chi connectivity index (χ0) is 14.8. The van der Waals surface area contributed by atoms with Gasteiger partial charge in [0.2, 0.25) is 0 Å². The molecule has 3 aromatic rings. The van der Waals surface area contributed by atoms with Crippen LogP contribution in [0.15, 0.2) is 54.7 Å². The lowest BCUT2D eigenvalue weighted by Gasteiger charge is -2.13. The van der Waals surface area contributed by atoms with E-state index in [2.05, 4.69) is 4.98 Å². The maximum Gasteiger partial charge on any atom is 0.159 e. The van der Waals surface area contributed by atoms with Gasteiger partial charge in [-0.05, 0) is 35.4 Å². The smallest absolute Gasteiger partial charge is 0.159 e. The Hall–Kier alpha value is -2.33. The number of hydrogen-bond donors (Lipinski definition) is 1. The number of para-hydroxylation sites is 1. The third-order valence-corrected chi connectivity index (χ3v) is 3.48. The van der Waals surface area contributed by atoms with Crippen molar-refractivity contribution in [1.29, 1.82) is 0 Å². The number of halogens is 2. The van der Waals surface area contributed by atoms with Crippen LogP contribution < -0.4 is 0 Å². The number of aliphatic hydroxyl groups is 1. The van der Waals surface area contributed by atoms with E-state index in [1.807, 2.05) is 30.3 Å². The minimum atomic E-state index is -0.953. The quantitative estimate of drug-likeness (QED) is 0.794. The number of fused-ring (bicyclic) bond motifs is 1. The van der Waals surface area contributed by atoms with Crippen LogP contribution in [0.5, 0.6) is 0 Å². The van der Waals surface area contributed by atoms with Gasteiger partial charge in [-0.25, -0.2) is 8.78 Å². The van der Waals surface area contributed by atoms with Crippen LogP contribution in [0.1, 0.15) is 17.2 Å². The highest BCUT2D eigenvalue weighted by Crippen LogP contribution is 2.24. The average Bonchev–Trinajstić information content (AvgIpc) is 2.50. The molecule has 0 fully saturated rings. The lowest BCUT2D eigenvalue weighted by Crippen LogP contribution is -2.03. The van der Waals surface area contributed by atoms with Crippen LogP contribution in [-0.2, 0) is 6.42 Å². The Morgan fingerprint density at radius 1 is 1.00 bits per heavy atom. The van der Waals surface area contributed by atoms with Crippen LogP contribution >= 0.6 is 0 Å². The number of benzene rings is 2. The highest BCUT2D eigenvalue weighted by Gasteiger charge is 2.13. The third-order valence-electron chi connectivity index (χ3n) is 3.48. The molecular formula is C17H13F2NO. The molecule has 2 aromatic carbocycles. The normalized spacial score (nSPS) is 12.5. The highest BCUT2D eigenvalue weighted by atomic mass is 19.2. The average molecular weight is 285 g/mol. The summed E-state index contributed by atoms with van der Waals surface area (Å²) < 4.78 is 26.2. The lowest BCUT2D eigenvalue weighted by atomic mass is 9.99. The molecule has 0 saturated heterocycles. The summed E-state index contributed by atoms with van der Waals surface area (Å²) in [6, 6.07) is 12.9. The Morgan fingerprint density at radius 3 is 2.62 bits per heavy atom. The molecule has 0 aliphatic heterocycles. The van der Waals surface area contributed by atoms with Crippen molar-refractivity contribution in [2.45, 2.75) is 12.5 Å². The van der Waals surface area contributed by atoms with Crippen LogP contribution in [0, 0.1) is 11.6 Å². The second-order valence-electron chi connectivity index (χ2n) is 4.88. The summed E-state index contributed by atoms with van der Waals surface area (Å²) in [6.45, 7) is 0. The predicted molar refractivity (Wildman–Crippen MR) is 76.8 cm³/mol. The number of hydrogen-bond acceptors (Lipinski definition) is 2. The van der Waals surface area contributed by atoms with Crippen molar-refractivity contribution in [2.24, 2.45) is 0 Å². The fourth-order valence-electron chi connectivity index (χ4n) is 2.38. The molecule has 21 heavy (non-hydrogen) atoms. The monoisotopic (exact) mass is 285 g/mol. The van der Waals surface area contributed by atoms with Crippen molar-refractivity contribution >= 4 is 10.9 Å². The molecule has 1 atom stereocenters. The van der Waals surface area contributed by atoms with E-state index in [4.69, 9.17) is 0 Å². The first kappa shape index (κ1) is 13.6. The third kappa shape index (κ3) is 2.76. The molecular weight excluding hydrogens is 272 g/mol. The molecule has 106 valence electrons. The maximum absolute atomic E-state index is 13.2. The zero-order valence-electron chi connectivity index (χ0n) is 11.1. The molecule has 4 heteroatoms. The number of pyridine rings is 1. The van der Waals surface area contributed by atoms with E-state index in [9.17, 15) is 13.9 Å². The number of rotatable bonds is 3. The van der Waals surface area contributed by atoms with Gasteiger partial charge in [-0.15, -0.1) is 0 Å². The summed E-state index contributed by atoms with van der Waals surface area (Å²) >= 11 is 0. The fraction of sp³-hybridized carbons (Fsp3) is 0.118. The van der Waals surface area contributed by atoms with E-state index in [1.165, 1.54) is 6.07 Å². The molecule has 0 radical (unpaired) electrons. The molecule has 0 spiro atoms. The Kier molecular flexibility index (Phi) is 3.62. The van der Waals surface area contributed by atoms with Gasteiger partial charge in [-0.1, -0.05) is 24.3 Å². The Morgan fingerprint density at radius 2 is 1.81 bits per heavy atom. The van der Waals surface area contributed by atoms with Gasteiger partial charge in [-0.3, -0.25) is 4.98 Å². The molecule has 0 saturated carbocycles. The van der Waals surface area contributed by atoms with Gasteiger partial charge < -0.3 is 5.11 Å². The summed E-state index contributed by atoms with van der Waals surface area (Å²) in [7, 11) is 0. The SMILES string of the molecule is OC(Cc1ccnc2ccccc12)c1ccc(F)c(F)c1. The van der Waals surface area contributed by atoms with Gasteiger partial charge in [0.1, 0.15) is 0 Å². The van der Waals surface area contributed by atoms with Crippen LogP contribution in [0.25, 0.3) is 10.9 Å². The van der Waals surface area contributed by atoms with E-state index >= 15 is 0 Å². The molecule has 2 nitrogen and oxygen atoms in total. The summed E-state index contributed by atoms with van der Waals surface area (Å²) in [4.78, 5) is 4.26. The topological polar surface area (TPSA) is 33.1 Å². The van der Waals surface area contributed by atoms with Crippen molar-refractivity contribution in [3.05, 3.63) is 77.5 Å². The molecule has 1 aromatic heterocycles. The van der Waals surface area contributed by atoms with Crippen LogP contribution in [0.3, 0.4) is 0 Å². The van der Waals surface area contributed by atoms with Gasteiger partial charge in [0.25, 0.3) is 0 Å². The molecule has 0 bridgehead atoms. The molecule has 0 aliphatic rings. The molecule has 0 amide bonds. The first-order valence-corrected chi connectivity index (χ1v) is 6.61. The van der Waals surface area contributed by atoms with Crippen molar-refractivity contribution in [3.63, 3.8) is 0 Å². The number of nitrogens with zero attached hydrogens (tertiary/aromatic N) is 1. The molecule has 1 heterocycles. The lowest BCUT2D eigenvalue weighted by molar-refractivity contribution is 0.178. The van der Waals surface area contributed by atoms with Gasteiger partial charge in [0.15, 0.2) is 11.6 Å². The highest BCUT2D eigenvalue weighted by molar-refractivity contribution is 5.81. The molecule has 3 rings (SSSR count). The Bertz CT molecular complexity index is 783.